The number of nitrogens with zero attached hydrogens (tertiary/aromatic N) is 2. The molecule has 5 rings (SSSR count). The summed E-state index contributed by atoms with van der Waals surface area (Å²) in [6.07, 6.45) is 3.02. The minimum absolute atomic E-state index is 0.264. The molecule has 4 aromatic rings. The summed E-state index contributed by atoms with van der Waals surface area (Å²) in [5, 5.41) is 0. The summed E-state index contributed by atoms with van der Waals surface area (Å²) in [5.41, 5.74) is 10.2. The summed E-state index contributed by atoms with van der Waals surface area (Å²) >= 11 is 0. The van der Waals surface area contributed by atoms with Gasteiger partial charge in [0.15, 0.2) is 0 Å². The summed E-state index contributed by atoms with van der Waals surface area (Å²) in [6.45, 7) is 0. The molecule has 0 bridgehead atoms. The lowest BCUT2D eigenvalue weighted by Gasteiger charge is -2.29. The van der Waals surface area contributed by atoms with Crippen LogP contribution in [-0.2, 0) is 19.0 Å². The lowest BCUT2D eigenvalue weighted by Crippen LogP contribution is -2.13. The van der Waals surface area contributed by atoms with Crippen molar-refractivity contribution in [3.8, 4) is 22.4 Å². The molecule has 1 aliphatic carbocycles. The number of nitrogens with two attached hydrogens (primary N) is 1. The highest BCUT2D eigenvalue weighted by Crippen LogP contribution is 2.40. The fourth-order valence-corrected chi connectivity index (χ4v) is 4.65. The second-order valence-electron chi connectivity index (χ2n) is 9.22. The van der Waals surface area contributed by atoms with Crippen LogP contribution in [0.5, 0.6) is 0 Å². The molecule has 0 spiro atoms. The average molecular weight is 492 g/mol. The molecule has 1 heterocycles. The zero-order valence-corrected chi connectivity index (χ0v) is 19.5. The summed E-state index contributed by atoms with van der Waals surface area (Å²) < 4.78 is 54.3. The highest BCUT2D eigenvalue weighted by Gasteiger charge is 2.30. The van der Waals surface area contributed by atoms with Crippen molar-refractivity contribution in [3.05, 3.63) is 101 Å². The number of halogens is 4. The van der Waals surface area contributed by atoms with Gasteiger partial charge in [-0.1, -0.05) is 48.9 Å². The Morgan fingerprint density at radius 2 is 1.47 bits per heavy atom. The van der Waals surface area contributed by atoms with Crippen LogP contribution in [0.25, 0.3) is 22.4 Å². The van der Waals surface area contributed by atoms with Gasteiger partial charge in [-0.25, -0.2) is 9.37 Å². The van der Waals surface area contributed by atoms with Crippen LogP contribution in [-0.4, -0.2) is 9.97 Å². The molecule has 0 radical (unpaired) electrons. The number of hydrogen-bond donors (Lipinski definition) is 1. The first-order valence-electron chi connectivity index (χ1n) is 12.0. The van der Waals surface area contributed by atoms with Crippen LogP contribution in [0, 0.1) is 5.82 Å². The number of aromatic nitrogens is 2. The van der Waals surface area contributed by atoms with Crippen LogP contribution in [0.2, 0.25) is 0 Å². The summed E-state index contributed by atoms with van der Waals surface area (Å²) in [7, 11) is 0. The van der Waals surface area contributed by atoms with Crippen molar-refractivity contribution in [3.63, 3.8) is 0 Å². The van der Waals surface area contributed by atoms with E-state index >= 15 is 4.39 Å². The molecule has 2 N–H and O–H groups in total. The summed E-state index contributed by atoms with van der Waals surface area (Å²) in [6, 6.07) is 16.6. The Morgan fingerprint density at radius 1 is 0.806 bits per heavy atom. The monoisotopic (exact) mass is 491 g/mol. The quantitative estimate of drug-likeness (QED) is 0.283. The van der Waals surface area contributed by atoms with E-state index in [0.29, 0.717) is 41.1 Å². The molecule has 0 unspecified atom stereocenters. The molecule has 1 aliphatic rings. The standard InChI is InChI=1S/C29H25F4N3/c30-28-24(23(21-2-1-3-21)14-15-25(28)26-16-36-27(34)17-35-26)13-6-18-4-7-19(8-5-18)20-9-11-22(12-10-20)29(31,32)33/h4-5,7-12,14-17,21H,1-3,6,13H2,(H2,34,36). The number of hydrogen-bond acceptors (Lipinski definition) is 3. The van der Waals surface area contributed by atoms with Gasteiger partial charge in [0.1, 0.15) is 11.6 Å². The molecule has 36 heavy (non-hydrogen) atoms. The molecule has 184 valence electrons. The van der Waals surface area contributed by atoms with Gasteiger partial charge < -0.3 is 5.73 Å². The number of benzene rings is 3. The van der Waals surface area contributed by atoms with Crippen molar-refractivity contribution in [2.45, 2.75) is 44.2 Å². The van der Waals surface area contributed by atoms with Gasteiger partial charge in [-0.05, 0) is 77.6 Å². The zero-order valence-electron chi connectivity index (χ0n) is 19.5. The van der Waals surface area contributed by atoms with E-state index in [-0.39, 0.29) is 11.6 Å². The van der Waals surface area contributed by atoms with Gasteiger partial charge in [0.05, 0.1) is 23.7 Å². The third kappa shape index (κ3) is 4.96. The summed E-state index contributed by atoms with van der Waals surface area (Å²) in [5.74, 6) is 0.396. The molecule has 1 fully saturated rings. The molecule has 0 aliphatic heterocycles. The van der Waals surface area contributed by atoms with E-state index in [9.17, 15) is 13.2 Å². The van der Waals surface area contributed by atoms with E-state index in [1.807, 2.05) is 30.3 Å². The molecule has 0 atom stereocenters. The maximum Gasteiger partial charge on any atom is 0.416 e. The van der Waals surface area contributed by atoms with Crippen LogP contribution in [0.1, 0.15) is 47.4 Å². The molecule has 0 saturated heterocycles. The lowest BCUT2D eigenvalue weighted by atomic mass is 9.77. The van der Waals surface area contributed by atoms with E-state index in [0.717, 1.165) is 48.1 Å². The second-order valence-corrected chi connectivity index (χ2v) is 9.22. The Morgan fingerprint density at radius 3 is 2.03 bits per heavy atom. The van der Waals surface area contributed by atoms with Gasteiger partial charge in [-0.15, -0.1) is 0 Å². The van der Waals surface area contributed by atoms with Gasteiger partial charge in [-0.2, -0.15) is 13.2 Å². The SMILES string of the molecule is Nc1cnc(-c2ccc(C3CCC3)c(CCc3ccc(-c4ccc(C(F)(F)F)cc4)cc3)c2F)cn1. The number of rotatable bonds is 6. The Balaban J connectivity index is 1.36. The van der Waals surface area contributed by atoms with Crippen LogP contribution in [0.4, 0.5) is 23.4 Å². The predicted octanol–water partition coefficient (Wildman–Crippen LogP) is 7.60. The topological polar surface area (TPSA) is 51.8 Å². The van der Waals surface area contributed by atoms with Crippen molar-refractivity contribution < 1.29 is 17.6 Å². The predicted molar refractivity (Wildman–Crippen MR) is 133 cm³/mol. The van der Waals surface area contributed by atoms with E-state index in [1.54, 1.807) is 6.07 Å². The van der Waals surface area contributed by atoms with Crippen LogP contribution < -0.4 is 5.73 Å². The van der Waals surface area contributed by atoms with Gasteiger partial charge in [-0.3, -0.25) is 4.98 Å². The number of nitrogen functional groups attached to an aromatic ring is 1. The number of anilines is 1. The van der Waals surface area contributed by atoms with E-state index in [4.69, 9.17) is 5.73 Å². The molecular weight excluding hydrogens is 466 g/mol. The van der Waals surface area contributed by atoms with E-state index < -0.39 is 11.7 Å². The van der Waals surface area contributed by atoms with Gasteiger partial charge in [0, 0.05) is 5.56 Å². The minimum Gasteiger partial charge on any atom is -0.382 e. The fraction of sp³-hybridized carbons (Fsp3) is 0.241. The smallest absolute Gasteiger partial charge is 0.382 e. The van der Waals surface area contributed by atoms with Crippen LogP contribution in [0.3, 0.4) is 0 Å². The zero-order chi connectivity index (χ0) is 25.3. The number of alkyl halides is 3. The van der Waals surface area contributed by atoms with Crippen LogP contribution in [0.15, 0.2) is 73.1 Å². The maximum absolute atomic E-state index is 15.8. The molecule has 3 nitrogen and oxygen atoms in total. The van der Waals surface area contributed by atoms with E-state index in [2.05, 4.69) is 9.97 Å². The summed E-state index contributed by atoms with van der Waals surface area (Å²) in [4.78, 5) is 8.29. The first-order valence-corrected chi connectivity index (χ1v) is 12.0. The molecule has 0 amide bonds. The van der Waals surface area contributed by atoms with Crippen LogP contribution >= 0.6 is 0 Å². The average Bonchev–Trinajstić information content (AvgIpc) is 2.83. The fourth-order valence-electron chi connectivity index (χ4n) is 4.65. The minimum atomic E-state index is -4.35. The van der Waals surface area contributed by atoms with Gasteiger partial charge in [0.25, 0.3) is 0 Å². The van der Waals surface area contributed by atoms with Crippen molar-refractivity contribution in [1.82, 2.24) is 9.97 Å². The molecule has 1 saturated carbocycles. The highest BCUT2D eigenvalue weighted by molar-refractivity contribution is 5.64. The second kappa shape index (κ2) is 9.72. The van der Waals surface area contributed by atoms with Crippen molar-refractivity contribution in [2.75, 3.05) is 5.73 Å². The first kappa shape index (κ1) is 24.0. The normalized spacial score (nSPS) is 14.0. The third-order valence-electron chi connectivity index (χ3n) is 6.94. The molecular formula is C29H25F4N3. The Hall–Kier alpha value is -3.74. The number of aryl methyl sites for hydroxylation is 1. The van der Waals surface area contributed by atoms with Crippen molar-refractivity contribution in [1.29, 1.82) is 0 Å². The van der Waals surface area contributed by atoms with Gasteiger partial charge >= 0.3 is 6.18 Å². The highest BCUT2D eigenvalue weighted by atomic mass is 19.4. The Labute approximate surface area is 207 Å². The first-order chi connectivity index (χ1) is 17.3. The third-order valence-corrected chi connectivity index (χ3v) is 6.94. The molecule has 3 aromatic carbocycles. The Bertz CT molecular complexity index is 1340. The van der Waals surface area contributed by atoms with Gasteiger partial charge in [0.2, 0.25) is 0 Å². The van der Waals surface area contributed by atoms with Crippen molar-refractivity contribution in [2.24, 2.45) is 0 Å². The van der Waals surface area contributed by atoms with Crippen molar-refractivity contribution >= 4 is 5.82 Å². The lowest BCUT2D eigenvalue weighted by molar-refractivity contribution is -0.137. The van der Waals surface area contributed by atoms with E-state index in [1.165, 1.54) is 24.5 Å². The molecule has 7 heteroatoms. The largest absolute Gasteiger partial charge is 0.416 e. The maximum atomic E-state index is 15.8. The Kier molecular flexibility index (Phi) is 6.48. The molecule has 1 aromatic heterocycles.